The van der Waals surface area contributed by atoms with Crippen LogP contribution >= 0.6 is 0 Å². The molecule has 1 saturated carbocycles. The second-order valence-corrected chi connectivity index (χ2v) is 7.29. The molecule has 30 heavy (non-hydrogen) atoms. The highest BCUT2D eigenvalue weighted by Crippen LogP contribution is 2.38. The summed E-state index contributed by atoms with van der Waals surface area (Å²) in [7, 11) is 0. The third-order valence-electron chi connectivity index (χ3n) is 4.91. The number of para-hydroxylation sites is 1. The highest BCUT2D eigenvalue weighted by Gasteiger charge is 2.26. The summed E-state index contributed by atoms with van der Waals surface area (Å²) in [6, 6.07) is 12.1. The molecule has 2 aromatic heterocycles. The monoisotopic (exact) mass is 404 g/mol. The van der Waals surface area contributed by atoms with Gasteiger partial charge in [-0.05, 0) is 56.5 Å². The maximum atomic E-state index is 12.2. The molecule has 0 unspecified atom stereocenters. The van der Waals surface area contributed by atoms with Crippen molar-refractivity contribution in [1.29, 1.82) is 0 Å². The van der Waals surface area contributed by atoms with E-state index in [4.69, 9.17) is 10.5 Å². The Kier molecular flexibility index (Phi) is 5.47. The maximum absolute atomic E-state index is 12.2. The number of aromatic nitrogens is 4. The molecule has 0 aliphatic heterocycles. The smallest absolute Gasteiger partial charge is 0.331 e. The zero-order valence-electron chi connectivity index (χ0n) is 17.0. The summed E-state index contributed by atoms with van der Waals surface area (Å²) in [4.78, 5) is 24.5. The molecule has 0 spiro atoms. The second-order valence-electron chi connectivity index (χ2n) is 7.29. The van der Waals surface area contributed by atoms with Gasteiger partial charge in [-0.2, -0.15) is 15.0 Å². The SMILES string of the molecule is Cc1cc(/C=C/C(=O)OCc2nc(N)nc(Nc3ccccc3)n2)c(C)n1C1CC1. The number of carbonyl (C=O) groups excluding carboxylic acids is 1. The van der Waals surface area contributed by atoms with Crippen LogP contribution in [0.1, 0.15) is 41.7 Å². The van der Waals surface area contributed by atoms with Gasteiger partial charge in [0.15, 0.2) is 12.4 Å². The average Bonchev–Trinajstić information content (AvgIpc) is 3.50. The minimum atomic E-state index is -0.470. The molecule has 3 aromatic rings. The van der Waals surface area contributed by atoms with Gasteiger partial charge in [0.05, 0.1) is 0 Å². The number of carbonyl (C=O) groups is 1. The molecule has 0 saturated heterocycles. The number of anilines is 3. The molecule has 1 fully saturated rings. The van der Waals surface area contributed by atoms with Crippen molar-refractivity contribution in [2.45, 2.75) is 39.3 Å². The number of rotatable bonds is 7. The third-order valence-corrected chi connectivity index (χ3v) is 4.91. The lowest BCUT2D eigenvalue weighted by molar-refractivity contribution is -0.139. The lowest BCUT2D eigenvalue weighted by atomic mass is 10.2. The van der Waals surface area contributed by atoms with Crippen LogP contribution in [0.15, 0.2) is 42.5 Å². The predicted molar refractivity (Wildman–Crippen MR) is 115 cm³/mol. The van der Waals surface area contributed by atoms with E-state index >= 15 is 0 Å². The van der Waals surface area contributed by atoms with Crippen LogP contribution < -0.4 is 11.1 Å². The van der Waals surface area contributed by atoms with Gasteiger partial charge in [-0.15, -0.1) is 0 Å². The molecule has 1 aliphatic carbocycles. The summed E-state index contributed by atoms with van der Waals surface area (Å²) in [5.74, 6) is 0.151. The van der Waals surface area contributed by atoms with Crippen LogP contribution in [-0.4, -0.2) is 25.5 Å². The van der Waals surface area contributed by atoms with E-state index in [1.54, 1.807) is 6.08 Å². The Bertz CT molecular complexity index is 1090. The number of nitrogens with zero attached hydrogens (tertiary/aromatic N) is 4. The van der Waals surface area contributed by atoms with Gasteiger partial charge in [-0.25, -0.2) is 4.79 Å². The normalized spacial score (nSPS) is 13.5. The van der Waals surface area contributed by atoms with Crippen molar-refractivity contribution in [2.75, 3.05) is 11.1 Å². The molecule has 3 N–H and O–H groups in total. The molecular weight excluding hydrogens is 380 g/mol. The van der Waals surface area contributed by atoms with E-state index in [2.05, 4.69) is 44.7 Å². The molecule has 154 valence electrons. The largest absolute Gasteiger partial charge is 0.454 e. The number of ether oxygens (including phenoxy) is 1. The lowest BCUT2D eigenvalue weighted by Gasteiger charge is -2.07. The van der Waals surface area contributed by atoms with Gasteiger partial charge in [0.2, 0.25) is 11.9 Å². The van der Waals surface area contributed by atoms with Crippen molar-refractivity contribution in [3.05, 3.63) is 65.2 Å². The summed E-state index contributed by atoms with van der Waals surface area (Å²) < 4.78 is 7.61. The van der Waals surface area contributed by atoms with Crippen molar-refractivity contribution in [3.63, 3.8) is 0 Å². The van der Waals surface area contributed by atoms with Gasteiger partial charge in [0.25, 0.3) is 0 Å². The third kappa shape index (κ3) is 4.65. The van der Waals surface area contributed by atoms with Gasteiger partial charge in [-0.1, -0.05) is 18.2 Å². The molecule has 0 atom stereocenters. The molecule has 8 nitrogen and oxygen atoms in total. The van der Waals surface area contributed by atoms with Crippen LogP contribution in [0.25, 0.3) is 6.08 Å². The highest BCUT2D eigenvalue weighted by molar-refractivity contribution is 5.87. The molecule has 8 heteroatoms. The molecule has 4 rings (SSSR count). The Hall–Kier alpha value is -3.68. The van der Waals surface area contributed by atoms with Gasteiger partial charge >= 0.3 is 5.97 Å². The molecule has 0 radical (unpaired) electrons. The number of aryl methyl sites for hydroxylation is 1. The predicted octanol–water partition coefficient (Wildman–Crippen LogP) is 3.71. The number of nitrogens with one attached hydrogen (secondary N) is 1. The molecule has 1 aliphatic rings. The fraction of sp³-hybridized carbons (Fsp3) is 0.273. The standard InChI is InChI=1S/C22H24N6O2/c1-14-12-16(15(2)28(14)18-9-10-18)8-11-20(29)30-13-19-25-21(23)27-22(26-19)24-17-6-4-3-5-7-17/h3-8,11-12,18H,9-10,13H2,1-2H3,(H3,23,24,25,26,27)/b11-8+. The van der Waals surface area contributed by atoms with Crippen LogP contribution in [0.2, 0.25) is 0 Å². The molecule has 0 amide bonds. The van der Waals surface area contributed by atoms with Crippen molar-refractivity contribution in [3.8, 4) is 0 Å². The van der Waals surface area contributed by atoms with E-state index in [1.165, 1.54) is 30.3 Å². The number of nitrogens with two attached hydrogens (primary N) is 1. The van der Waals surface area contributed by atoms with E-state index in [0.717, 1.165) is 11.3 Å². The van der Waals surface area contributed by atoms with Crippen LogP contribution in [0.5, 0.6) is 0 Å². The first-order valence-corrected chi connectivity index (χ1v) is 9.85. The van der Waals surface area contributed by atoms with Crippen LogP contribution in [0.3, 0.4) is 0 Å². The van der Waals surface area contributed by atoms with Crippen molar-refractivity contribution >= 4 is 29.6 Å². The fourth-order valence-electron chi connectivity index (χ4n) is 3.42. The summed E-state index contributed by atoms with van der Waals surface area (Å²) in [5.41, 5.74) is 9.98. The number of nitrogen functional groups attached to an aromatic ring is 1. The lowest BCUT2D eigenvalue weighted by Crippen LogP contribution is -2.10. The average molecular weight is 404 g/mol. The number of hydrogen-bond donors (Lipinski definition) is 2. The molecule has 0 bridgehead atoms. The van der Waals surface area contributed by atoms with Crippen LogP contribution in [0, 0.1) is 13.8 Å². The van der Waals surface area contributed by atoms with Gasteiger partial charge in [0.1, 0.15) is 0 Å². The van der Waals surface area contributed by atoms with Gasteiger partial charge in [0, 0.05) is 29.2 Å². The Morgan fingerprint density at radius 3 is 2.73 bits per heavy atom. The van der Waals surface area contributed by atoms with Crippen LogP contribution in [-0.2, 0) is 16.1 Å². The Morgan fingerprint density at radius 2 is 2.00 bits per heavy atom. The number of hydrogen-bond acceptors (Lipinski definition) is 7. The zero-order valence-corrected chi connectivity index (χ0v) is 17.0. The Morgan fingerprint density at radius 1 is 1.23 bits per heavy atom. The number of esters is 1. The van der Waals surface area contributed by atoms with Gasteiger partial charge in [-0.3, -0.25) is 0 Å². The highest BCUT2D eigenvalue weighted by atomic mass is 16.5. The maximum Gasteiger partial charge on any atom is 0.331 e. The van der Waals surface area contributed by atoms with E-state index in [-0.39, 0.29) is 18.4 Å². The van der Waals surface area contributed by atoms with Gasteiger partial charge < -0.3 is 20.4 Å². The zero-order chi connectivity index (χ0) is 21.1. The fourth-order valence-corrected chi connectivity index (χ4v) is 3.42. The first-order valence-electron chi connectivity index (χ1n) is 9.85. The van der Waals surface area contributed by atoms with E-state index in [1.807, 2.05) is 30.3 Å². The quantitative estimate of drug-likeness (QED) is 0.456. The van der Waals surface area contributed by atoms with E-state index in [0.29, 0.717) is 12.0 Å². The number of benzene rings is 1. The first kappa shape index (κ1) is 19.6. The Labute approximate surface area is 174 Å². The molecule has 2 heterocycles. The van der Waals surface area contributed by atoms with Crippen molar-refractivity contribution in [1.82, 2.24) is 19.5 Å². The topological polar surface area (TPSA) is 108 Å². The van der Waals surface area contributed by atoms with Crippen molar-refractivity contribution < 1.29 is 9.53 Å². The first-order chi connectivity index (χ1) is 14.5. The van der Waals surface area contributed by atoms with Crippen LogP contribution in [0.4, 0.5) is 17.6 Å². The summed E-state index contributed by atoms with van der Waals surface area (Å²) in [6.07, 6.45) is 5.65. The summed E-state index contributed by atoms with van der Waals surface area (Å²) >= 11 is 0. The Balaban J connectivity index is 1.38. The van der Waals surface area contributed by atoms with Crippen molar-refractivity contribution in [2.24, 2.45) is 0 Å². The minimum absolute atomic E-state index is 0.0533. The second kappa shape index (κ2) is 8.36. The molecular formula is C22H24N6O2. The molecule has 1 aromatic carbocycles. The minimum Gasteiger partial charge on any atom is -0.454 e. The summed E-state index contributed by atoms with van der Waals surface area (Å²) in [5, 5.41) is 3.05. The van der Waals surface area contributed by atoms with E-state index < -0.39 is 5.97 Å². The van der Waals surface area contributed by atoms with E-state index in [9.17, 15) is 4.79 Å². The summed E-state index contributed by atoms with van der Waals surface area (Å²) in [6.45, 7) is 4.07.